The van der Waals surface area contributed by atoms with Crippen LogP contribution in [0.15, 0.2) is 36.8 Å². The third-order valence-electron chi connectivity index (χ3n) is 4.41. The fourth-order valence-electron chi connectivity index (χ4n) is 3.03. The molecular weight excluding hydrogens is 316 g/mol. The van der Waals surface area contributed by atoms with Gasteiger partial charge in [-0.15, -0.1) is 0 Å². The highest BCUT2D eigenvalue weighted by Crippen LogP contribution is 2.08. The first-order valence-corrected chi connectivity index (χ1v) is 9.00. The zero-order chi connectivity index (χ0) is 17.3. The summed E-state index contributed by atoms with van der Waals surface area (Å²) < 4.78 is 1.70. The van der Waals surface area contributed by atoms with E-state index >= 15 is 0 Å². The molecule has 1 aliphatic heterocycles. The minimum absolute atomic E-state index is 0.132. The summed E-state index contributed by atoms with van der Waals surface area (Å²) in [5, 5.41) is 10.00. The lowest BCUT2D eigenvalue weighted by Gasteiger charge is -2.19. The normalized spacial score (nSPS) is 15.5. The Morgan fingerprint density at radius 3 is 2.72 bits per heavy atom. The van der Waals surface area contributed by atoms with Crippen LogP contribution in [0.3, 0.4) is 0 Å². The predicted molar refractivity (Wildman–Crippen MR) is 96.5 cm³/mol. The zero-order valence-corrected chi connectivity index (χ0v) is 14.5. The minimum Gasteiger partial charge on any atom is -0.337 e. The Hall–Kier alpha value is -2.41. The molecule has 0 unspecified atom stereocenters. The second-order valence-electron chi connectivity index (χ2n) is 6.34. The number of aromatic nitrogens is 3. The summed E-state index contributed by atoms with van der Waals surface area (Å²) in [6.45, 7) is 4.37. The van der Waals surface area contributed by atoms with Crippen LogP contribution in [-0.4, -0.2) is 51.9 Å². The smallest absolute Gasteiger partial charge is 0.315 e. The van der Waals surface area contributed by atoms with Crippen molar-refractivity contribution in [2.24, 2.45) is 0 Å². The molecule has 25 heavy (non-hydrogen) atoms. The number of pyridine rings is 1. The highest BCUT2D eigenvalue weighted by molar-refractivity contribution is 5.73. The maximum atomic E-state index is 12.0. The maximum absolute atomic E-state index is 12.0. The number of nitrogens with one attached hydrogen (secondary N) is 2. The van der Waals surface area contributed by atoms with Crippen LogP contribution < -0.4 is 10.6 Å². The van der Waals surface area contributed by atoms with Crippen molar-refractivity contribution in [3.05, 3.63) is 42.4 Å². The summed E-state index contributed by atoms with van der Waals surface area (Å²) in [4.78, 5) is 18.7. The first-order chi connectivity index (χ1) is 12.3. The van der Waals surface area contributed by atoms with E-state index in [1.807, 2.05) is 24.4 Å². The van der Waals surface area contributed by atoms with Crippen LogP contribution >= 0.6 is 0 Å². The first kappa shape index (κ1) is 17.4. The largest absolute Gasteiger partial charge is 0.337 e. The van der Waals surface area contributed by atoms with Crippen LogP contribution in [0.4, 0.5) is 4.79 Å². The number of carbonyl (C=O) groups is 1. The summed E-state index contributed by atoms with van der Waals surface area (Å²) in [6.07, 6.45) is 10.5. The molecule has 7 nitrogen and oxygen atoms in total. The molecule has 0 atom stereocenters. The number of urea groups is 1. The van der Waals surface area contributed by atoms with E-state index in [0.29, 0.717) is 13.1 Å². The van der Waals surface area contributed by atoms with E-state index < -0.39 is 0 Å². The minimum atomic E-state index is -0.132. The van der Waals surface area contributed by atoms with Crippen molar-refractivity contribution in [3.63, 3.8) is 0 Å². The molecule has 1 fully saturated rings. The Kier molecular flexibility index (Phi) is 6.39. The molecule has 1 saturated heterocycles. The van der Waals surface area contributed by atoms with E-state index in [2.05, 4.69) is 25.6 Å². The van der Waals surface area contributed by atoms with Gasteiger partial charge in [0.25, 0.3) is 0 Å². The van der Waals surface area contributed by atoms with Crippen LogP contribution in [0, 0.1) is 0 Å². The Morgan fingerprint density at radius 1 is 1.12 bits per heavy atom. The van der Waals surface area contributed by atoms with Crippen molar-refractivity contribution in [2.75, 3.05) is 26.2 Å². The number of nitrogens with zero attached hydrogens (tertiary/aromatic N) is 4. The Bertz CT molecular complexity index is 649. The topological polar surface area (TPSA) is 75.1 Å². The molecular formula is C18H26N6O. The van der Waals surface area contributed by atoms with Crippen molar-refractivity contribution < 1.29 is 4.79 Å². The monoisotopic (exact) mass is 342 g/mol. The summed E-state index contributed by atoms with van der Waals surface area (Å²) in [6, 6.07) is 5.53. The van der Waals surface area contributed by atoms with Gasteiger partial charge in [0.15, 0.2) is 5.82 Å². The Balaban J connectivity index is 1.39. The number of hydrogen-bond acceptors (Lipinski definition) is 4. The summed E-state index contributed by atoms with van der Waals surface area (Å²) in [7, 11) is 0. The van der Waals surface area contributed by atoms with Gasteiger partial charge in [-0.1, -0.05) is 12.8 Å². The van der Waals surface area contributed by atoms with Gasteiger partial charge in [-0.3, -0.25) is 0 Å². The molecule has 0 aromatic carbocycles. The molecule has 7 heteroatoms. The molecule has 0 spiro atoms. The molecule has 2 aromatic heterocycles. The van der Waals surface area contributed by atoms with Crippen molar-refractivity contribution in [3.8, 4) is 5.82 Å². The van der Waals surface area contributed by atoms with Gasteiger partial charge in [-0.05, 0) is 49.7 Å². The van der Waals surface area contributed by atoms with Gasteiger partial charge in [0.1, 0.15) is 0 Å². The van der Waals surface area contributed by atoms with Gasteiger partial charge < -0.3 is 15.5 Å². The third-order valence-corrected chi connectivity index (χ3v) is 4.41. The van der Waals surface area contributed by atoms with Gasteiger partial charge in [0, 0.05) is 38.2 Å². The average Bonchev–Trinajstić information content (AvgIpc) is 3.05. The Morgan fingerprint density at radius 2 is 1.96 bits per heavy atom. The highest BCUT2D eigenvalue weighted by atomic mass is 16.2. The van der Waals surface area contributed by atoms with Gasteiger partial charge in [0.05, 0.1) is 0 Å². The molecule has 3 heterocycles. The molecule has 0 saturated carbocycles. The van der Waals surface area contributed by atoms with E-state index in [1.165, 1.54) is 25.7 Å². The SMILES string of the molecule is O=C(NCCN1CCCCCC1)NCc1ccnc(-n2cccn2)c1. The van der Waals surface area contributed by atoms with Gasteiger partial charge >= 0.3 is 6.03 Å². The molecule has 2 aromatic rings. The van der Waals surface area contributed by atoms with Crippen LogP contribution in [-0.2, 0) is 6.54 Å². The predicted octanol–water partition coefficient (Wildman–Crippen LogP) is 1.94. The summed E-state index contributed by atoms with van der Waals surface area (Å²) in [5.41, 5.74) is 0.989. The van der Waals surface area contributed by atoms with Crippen LogP contribution in [0.5, 0.6) is 0 Å². The van der Waals surface area contributed by atoms with Gasteiger partial charge in [-0.2, -0.15) is 5.10 Å². The number of hydrogen-bond donors (Lipinski definition) is 2. The molecule has 2 N–H and O–H groups in total. The summed E-state index contributed by atoms with van der Waals surface area (Å²) >= 11 is 0. The van der Waals surface area contributed by atoms with Crippen molar-refractivity contribution in [1.82, 2.24) is 30.3 Å². The molecule has 134 valence electrons. The summed E-state index contributed by atoms with van der Waals surface area (Å²) in [5.74, 6) is 0.742. The molecule has 3 rings (SSSR count). The third kappa shape index (κ3) is 5.56. The molecule has 2 amide bonds. The van der Waals surface area contributed by atoms with E-state index in [0.717, 1.165) is 31.0 Å². The highest BCUT2D eigenvalue weighted by Gasteiger charge is 2.09. The number of likely N-dealkylation sites (tertiary alicyclic amines) is 1. The number of carbonyl (C=O) groups excluding carboxylic acids is 1. The molecule has 0 bridgehead atoms. The molecule has 1 aliphatic rings. The second-order valence-corrected chi connectivity index (χ2v) is 6.34. The average molecular weight is 342 g/mol. The lowest BCUT2D eigenvalue weighted by atomic mass is 10.2. The lowest BCUT2D eigenvalue weighted by molar-refractivity contribution is 0.235. The molecule has 0 aliphatic carbocycles. The van der Waals surface area contributed by atoms with E-state index in [9.17, 15) is 4.79 Å². The zero-order valence-electron chi connectivity index (χ0n) is 14.5. The van der Waals surface area contributed by atoms with Gasteiger partial charge in [-0.25, -0.2) is 14.5 Å². The van der Waals surface area contributed by atoms with Crippen LogP contribution in [0.1, 0.15) is 31.2 Å². The number of rotatable bonds is 6. The Labute approximate surface area is 148 Å². The fraction of sp³-hybridized carbons (Fsp3) is 0.500. The van der Waals surface area contributed by atoms with Crippen LogP contribution in [0.25, 0.3) is 5.82 Å². The maximum Gasteiger partial charge on any atom is 0.315 e. The van der Waals surface area contributed by atoms with E-state index in [-0.39, 0.29) is 6.03 Å². The lowest BCUT2D eigenvalue weighted by Crippen LogP contribution is -2.40. The number of amides is 2. The van der Waals surface area contributed by atoms with Gasteiger partial charge in [0.2, 0.25) is 0 Å². The second kappa shape index (κ2) is 9.17. The van der Waals surface area contributed by atoms with E-state index in [4.69, 9.17) is 0 Å². The van der Waals surface area contributed by atoms with Crippen LogP contribution in [0.2, 0.25) is 0 Å². The fourth-order valence-corrected chi connectivity index (χ4v) is 3.03. The van der Waals surface area contributed by atoms with Crippen molar-refractivity contribution in [1.29, 1.82) is 0 Å². The van der Waals surface area contributed by atoms with E-state index in [1.54, 1.807) is 17.1 Å². The van der Waals surface area contributed by atoms with Crippen molar-refractivity contribution in [2.45, 2.75) is 32.2 Å². The molecule has 0 radical (unpaired) electrons. The first-order valence-electron chi connectivity index (χ1n) is 9.00. The van der Waals surface area contributed by atoms with Crippen molar-refractivity contribution >= 4 is 6.03 Å². The quantitative estimate of drug-likeness (QED) is 0.841. The standard InChI is InChI=1S/C18H26N6O/c25-18(20-9-13-23-10-3-1-2-4-11-23)21-15-16-6-8-19-17(14-16)24-12-5-7-22-24/h5-8,12,14H,1-4,9-11,13,15H2,(H2,20,21,25).